The number of benzene rings is 2. The Labute approximate surface area is 144 Å². The average molecular weight is 337 g/mol. The van der Waals surface area contributed by atoms with E-state index in [1.165, 1.54) is 0 Å². The average Bonchev–Trinajstić information content (AvgIpc) is 2.62. The molecule has 1 aromatic heterocycles. The Bertz CT molecular complexity index is 950. The number of nitrogens with one attached hydrogen (secondary N) is 2. The number of carbonyl (C=O) groups is 1. The molecule has 6 heteroatoms. The highest BCUT2D eigenvalue weighted by Gasteiger charge is 2.08. The van der Waals surface area contributed by atoms with Crippen LogP contribution in [0.1, 0.15) is 11.4 Å². The summed E-state index contributed by atoms with van der Waals surface area (Å²) in [5.41, 5.74) is 1.32. The highest BCUT2D eigenvalue weighted by Crippen LogP contribution is 2.17. The predicted molar refractivity (Wildman–Crippen MR) is 95.8 cm³/mol. The van der Waals surface area contributed by atoms with Crippen LogP contribution in [0.4, 0.5) is 0 Å². The number of aromatic nitrogens is 2. The number of hydrogen-bond donors (Lipinski definition) is 2. The Morgan fingerprint density at radius 2 is 1.92 bits per heavy atom. The molecule has 0 saturated heterocycles. The predicted octanol–water partition coefficient (Wildman–Crippen LogP) is 1.83. The summed E-state index contributed by atoms with van der Waals surface area (Å²) in [5.74, 6) is 1.15. The summed E-state index contributed by atoms with van der Waals surface area (Å²) in [6.07, 6.45) is 0.698. The fourth-order valence-corrected chi connectivity index (χ4v) is 2.66. The van der Waals surface area contributed by atoms with E-state index >= 15 is 0 Å². The van der Waals surface area contributed by atoms with Gasteiger partial charge in [0.05, 0.1) is 24.4 Å². The van der Waals surface area contributed by atoms with Crippen LogP contribution in [0.15, 0.2) is 53.3 Å². The molecule has 0 bridgehead atoms. The normalized spacial score (nSPS) is 10.6. The second kappa shape index (κ2) is 7.61. The Balaban J connectivity index is 1.59. The van der Waals surface area contributed by atoms with Crippen molar-refractivity contribution in [3.05, 3.63) is 70.3 Å². The number of H-pyrrole nitrogens is 1. The quantitative estimate of drug-likeness (QED) is 0.719. The Morgan fingerprint density at radius 3 is 2.76 bits per heavy atom. The van der Waals surface area contributed by atoms with Crippen LogP contribution in [-0.2, 0) is 17.6 Å². The van der Waals surface area contributed by atoms with Crippen molar-refractivity contribution in [1.82, 2.24) is 15.3 Å². The first-order valence-electron chi connectivity index (χ1n) is 8.04. The monoisotopic (exact) mass is 337 g/mol. The van der Waals surface area contributed by atoms with Crippen molar-refractivity contribution in [2.75, 3.05) is 13.7 Å². The van der Waals surface area contributed by atoms with Gasteiger partial charge in [0.1, 0.15) is 11.6 Å². The molecule has 3 aromatic rings. The fraction of sp³-hybridized carbons (Fsp3) is 0.211. The summed E-state index contributed by atoms with van der Waals surface area (Å²) in [4.78, 5) is 31.3. The van der Waals surface area contributed by atoms with Gasteiger partial charge in [-0.3, -0.25) is 9.59 Å². The zero-order chi connectivity index (χ0) is 17.6. The van der Waals surface area contributed by atoms with E-state index in [0.29, 0.717) is 35.4 Å². The van der Waals surface area contributed by atoms with E-state index in [0.717, 1.165) is 5.56 Å². The molecule has 0 unspecified atom stereocenters. The maximum Gasteiger partial charge on any atom is 0.258 e. The van der Waals surface area contributed by atoms with E-state index in [1.807, 2.05) is 30.3 Å². The molecule has 0 radical (unpaired) electrons. The minimum absolute atomic E-state index is 0.104. The van der Waals surface area contributed by atoms with Crippen LogP contribution in [-0.4, -0.2) is 29.5 Å². The van der Waals surface area contributed by atoms with Crippen LogP contribution in [0.5, 0.6) is 5.75 Å². The maximum atomic E-state index is 12.1. The molecular weight excluding hydrogens is 318 g/mol. The number of fused-ring (bicyclic) bond motifs is 1. The van der Waals surface area contributed by atoms with Gasteiger partial charge in [-0.1, -0.05) is 30.3 Å². The van der Waals surface area contributed by atoms with Crippen molar-refractivity contribution >= 4 is 16.8 Å². The molecule has 0 aliphatic rings. The lowest BCUT2D eigenvalue weighted by atomic mass is 10.1. The van der Waals surface area contributed by atoms with E-state index in [4.69, 9.17) is 4.74 Å². The molecule has 0 atom stereocenters. The molecule has 1 heterocycles. The number of para-hydroxylation sites is 2. The van der Waals surface area contributed by atoms with Crippen LogP contribution >= 0.6 is 0 Å². The van der Waals surface area contributed by atoms with E-state index < -0.39 is 0 Å². The number of amides is 1. The molecule has 25 heavy (non-hydrogen) atoms. The third-order valence-corrected chi connectivity index (χ3v) is 3.89. The van der Waals surface area contributed by atoms with Gasteiger partial charge in [-0.2, -0.15) is 0 Å². The maximum absolute atomic E-state index is 12.1. The number of methoxy groups -OCH3 is 1. The molecular formula is C19H19N3O3. The Morgan fingerprint density at radius 1 is 1.16 bits per heavy atom. The fourth-order valence-electron chi connectivity index (χ4n) is 2.66. The molecule has 2 aromatic carbocycles. The van der Waals surface area contributed by atoms with Crippen LogP contribution in [0.2, 0.25) is 0 Å². The lowest BCUT2D eigenvalue weighted by Gasteiger charge is -2.09. The zero-order valence-corrected chi connectivity index (χ0v) is 13.9. The van der Waals surface area contributed by atoms with Crippen LogP contribution in [0.25, 0.3) is 10.9 Å². The molecule has 2 N–H and O–H groups in total. The zero-order valence-electron chi connectivity index (χ0n) is 13.9. The third-order valence-electron chi connectivity index (χ3n) is 3.89. The van der Waals surface area contributed by atoms with Gasteiger partial charge in [-0.05, 0) is 18.2 Å². The first-order chi connectivity index (χ1) is 12.2. The minimum Gasteiger partial charge on any atom is -0.496 e. The van der Waals surface area contributed by atoms with Crippen molar-refractivity contribution in [2.45, 2.75) is 12.8 Å². The SMILES string of the molecule is COc1ccccc1CC(=O)NCCc1nc2ccccc2c(=O)[nH]1. The highest BCUT2D eigenvalue weighted by molar-refractivity contribution is 5.79. The van der Waals surface area contributed by atoms with Crippen molar-refractivity contribution in [1.29, 1.82) is 0 Å². The highest BCUT2D eigenvalue weighted by atomic mass is 16.5. The lowest BCUT2D eigenvalue weighted by molar-refractivity contribution is -0.120. The van der Waals surface area contributed by atoms with Crippen LogP contribution < -0.4 is 15.6 Å². The number of rotatable bonds is 6. The number of ether oxygens (including phenoxy) is 1. The second-order valence-electron chi connectivity index (χ2n) is 5.62. The lowest BCUT2D eigenvalue weighted by Crippen LogP contribution is -2.28. The van der Waals surface area contributed by atoms with Gasteiger partial charge >= 0.3 is 0 Å². The second-order valence-corrected chi connectivity index (χ2v) is 5.62. The molecule has 6 nitrogen and oxygen atoms in total. The van der Waals surface area contributed by atoms with E-state index in [1.54, 1.807) is 25.3 Å². The number of nitrogens with zero attached hydrogens (tertiary/aromatic N) is 1. The van der Waals surface area contributed by atoms with Gasteiger partial charge in [0.25, 0.3) is 5.56 Å². The van der Waals surface area contributed by atoms with Gasteiger partial charge < -0.3 is 15.0 Å². The molecule has 128 valence electrons. The van der Waals surface area contributed by atoms with E-state index in [9.17, 15) is 9.59 Å². The van der Waals surface area contributed by atoms with Gasteiger partial charge in [0.2, 0.25) is 5.91 Å². The molecule has 0 saturated carbocycles. The Hall–Kier alpha value is -3.15. The first-order valence-corrected chi connectivity index (χ1v) is 8.04. The summed E-state index contributed by atoms with van der Waals surface area (Å²) in [7, 11) is 1.58. The van der Waals surface area contributed by atoms with Crippen LogP contribution in [0, 0.1) is 0 Å². The first kappa shape index (κ1) is 16.7. The summed E-state index contributed by atoms with van der Waals surface area (Å²) in [6, 6.07) is 14.6. The van der Waals surface area contributed by atoms with Crippen molar-refractivity contribution in [2.24, 2.45) is 0 Å². The smallest absolute Gasteiger partial charge is 0.258 e. The van der Waals surface area contributed by atoms with Gasteiger partial charge in [-0.25, -0.2) is 4.98 Å². The summed E-state index contributed by atoms with van der Waals surface area (Å²) in [5, 5.41) is 3.40. The van der Waals surface area contributed by atoms with Gasteiger partial charge in [0.15, 0.2) is 0 Å². The van der Waals surface area contributed by atoms with Gasteiger partial charge in [0, 0.05) is 18.5 Å². The number of aromatic amines is 1. The summed E-state index contributed by atoms with van der Waals surface area (Å²) in [6.45, 7) is 0.398. The molecule has 0 fully saturated rings. The molecule has 0 aliphatic carbocycles. The largest absolute Gasteiger partial charge is 0.496 e. The van der Waals surface area contributed by atoms with Crippen molar-refractivity contribution < 1.29 is 9.53 Å². The number of carbonyl (C=O) groups excluding carboxylic acids is 1. The standard InChI is InChI=1S/C19H19N3O3/c1-25-16-9-5-2-6-13(16)12-18(23)20-11-10-17-21-15-8-4-3-7-14(15)19(24)22-17/h2-9H,10-12H2,1H3,(H,20,23)(H,21,22,24). The van der Waals surface area contributed by atoms with Crippen molar-refractivity contribution in [3.63, 3.8) is 0 Å². The van der Waals surface area contributed by atoms with E-state index in [2.05, 4.69) is 15.3 Å². The topological polar surface area (TPSA) is 84.1 Å². The molecule has 1 amide bonds. The molecule has 3 rings (SSSR count). The molecule has 0 spiro atoms. The Kier molecular flexibility index (Phi) is 5.09. The number of hydrogen-bond acceptors (Lipinski definition) is 4. The molecule has 0 aliphatic heterocycles. The minimum atomic E-state index is -0.166. The van der Waals surface area contributed by atoms with Gasteiger partial charge in [-0.15, -0.1) is 0 Å². The van der Waals surface area contributed by atoms with Crippen molar-refractivity contribution in [3.8, 4) is 5.75 Å². The third kappa shape index (κ3) is 4.03. The van der Waals surface area contributed by atoms with Crippen LogP contribution in [0.3, 0.4) is 0 Å². The summed E-state index contributed by atoms with van der Waals surface area (Å²) < 4.78 is 5.24. The summed E-state index contributed by atoms with van der Waals surface area (Å²) >= 11 is 0. The van der Waals surface area contributed by atoms with E-state index in [-0.39, 0.29) is 17.9 Å².